The maximum Gasteiger partial charge on any atom is 0.307 e. The SMILES string of the molecule is CN1CCN(C(=O)C2CCC2C(=O)O)CC1. The van der Waals surface area contributed by atoms with Gasteiger partial charge in [0.15, 0.2) is 0 Å². The molecule has 5 heteroatoms. The second kappa shape index (κ2) is 4.41. The lowest BCUT2D eigenvalue weighted by Gasteiger charge is -2.39. The summed E-state index contributed by atoms with van der Waals surface area (Å²) in [7, 11) is 2.03. The van der Waals surface area contributed by atoms with Gasteiger partial charge in [0.1, 0.15) is 0 Å². The summed E-state index contributed by atoms with van der Waals surface area (Å²) in [5.41, 5.74) is 0. The van der Waals surface area contributed by atoms with Crippen molar-refractivity contribution in [3.8, 4) is 0 Å². The van der Waals surface area contributed by atoms with Crippen molar-refractivity contribution in [1.29, 1.82) is 0 Å². The molecule has 1 saturated heterocycles. The minimum absolute atomic E-state index is 0.0479. The molecule has 1 heterocycles. The number of amides is 1. The van der Waals surface area contributed by atoms with Crippen LogP contribution in [-0.4, -0.2) is 60.0 Å². The first kappa shape index (κ1) is 11.4. The van der Waals surface area contributed by atoms with Crippen molar-refractivity contribution in [2.45, 2.75) is 12.8 Å². The van der Waals surface area contributed by atoms with Gasteiger partial charge in [-0.2, -0.15) is 0 Å². The zero-order valence-corrected chi connectivity index (χ0v) is 9.56. The summed E-state index contributed by atoms with van der Waals surface area (Å²) in [4.78, 5) is 26.9. The normalized spacial score (nSPS) is 30.9. The number of piperazine rings is 1. The number of nitrogens with zero attached hydrogens (tertiary/aromatic N) is 2. The topological polar surface area (TPSA) is 60.9 Å². The molecule has 5 nitrogen and oxygen atoms in total. The molecule has 0 aromatic rings. The van der Waals surface area contributed by atoms with Gasteiger partial charge in [0, 0.05) is 26.2 Å². The highest BCUT2D eigenvalue weighted by molar-refractivity contribution is 5.86. The Bertz CT molecular complexity index is 298. The van der Waals surface area contributed by atoms with Gasteiger partial charge in [0.05, 0.1) is 11.8 Å². The molecular formula is C11H18N2O3. The fraction of sp³-hybridized carbons (Fsp3) is 0.818. The predicted octanol–water partition coefficient (Wildman–Crippen LogP) is -0.129. The second-order valence-electron chi connectivity index (χ2n) is 4.76. The van der Waals surface area contributed by atoms with E-state index in [1.807, 2.05) is 11.9 Å². The number of likely N-dealkylation sites (N-methyl/N-ethyl adjacent to an activating group) is 1. The number of carbonyl (C=O) groups is 2. The van der Waals surface area contributed by atoms with Gasteiger partial charge >= 0.3 is 5.97 Å². The molecule has 1 aliphatic carbocycles. The number of rotatable bonds is 2. The second-order valence-corrected chi connectivity index (χ2v) is 4.76. The third-order valence-electron chi connectivity index (χ3n) is 3.72. The quantitative estimate of drug-likeness (QED) is 0.712. The molecule has 2 fully saturated rings. The first-order valence-corrected chi connectivity index (χ1v) is 5.79. The van der Waals surface area contributed by atoms with Crippen LogP contribution in [0, 0.1) is 11.8 Å². The monoisotopic (exact) mass is 226 g/mol. The van der Waals surface area contributed by atoms with Crippen LogP contribution in [0.3, 0.4) is 0 Å². The van der Waals surface area contributed by atoms with Crippen LogP contribution in [0.15, 0.2) is 0 Å². The molecule has 1 aliphatic heterocycles. The minimum Gasteiger partial charge on any atom is -0.481 e. The summed E-state index contributed by atoms with van der Waals surface area (Å²) < 4.78 is 0. The number of carboxylic acids is 1. The summed E-state index contributed by atoms with van der Waals surface area (Å²) in [6.07, 6.45) is 1.39. The lowest BCUT2D eigenvalue weighted by molar-refractivity contribution is -0.157. The van der Waals surface area contributed by atoms with Crippen molar-refractivity contribution in [3.05, 3.63) is 0 Å². The Morgan fingerprint density at radius 3 is 2.06 bits per heavy atom. The molecule has 0 radical (unpaired) electrons. The van der Waals surface area contributed by atoms with Crippen LogP contribution < -0.4 is 0 Å². The van der Waals surface area contributed by atoms with E-state index in [4.69, 9.17) is 5.11 Å². The van der Waals surface area contributed by atoms with Crippen molar-refractivity contribution in [2.75, 3.05) is 33.2 Å². The fourth-order valence-corrected chi connectivity index (χ4v) is 2.35. The average Bonchev–Trinajstić information content (AvgIpc) is 2.15. The summed E-state index contributed by atoms with van der Waals surface area (Å²) in [5, 5.41) is 8.91. The molecule has 0 bridgehead atoms. The molecule has 2 aliphatic rings. The number of aliphatic carboxylic acids is 1. The first-order chi connectivity index (χ1) is 7.59. The molecule has 0 aromatic carbocycles. The van der Waals surface area contributed by atoms with Gasteiger partial charge in [-0.05, 0) is 19.9 Å². The van der Waals surface area contributed by atoms with Gasteiger partial charge in [0.2, 0.25) is 5.91 Å². The zero-order chi connectivity index (χ0) is 11.7. The van der Waals surface area contributed by atoms with E-state index in [1.54, 1.807) is 0 Å². The van der Waals surface area contributed by atoms with Crippen LogP contribution >= 0.6 is 0 Å². The van der Waals surface area contributed by atoms with E-state index in [9.17, 15) is 9.59 Å². The third-order valence-corrected chi connectivity index (χ3v) is 3.72. The maximum absolute atomic E-state index is 12.0. The van der Waals surface area contributed by atoms with E-state index < -0.39 is 11.9 Å². The molecule has 2 rings (SSSR count). The molecule has 16 heavy (non-hydrogen) atoms. The highest BCUT2D eigenvalue weighted by atomic mass is 16.4. The Labute approximate surface area is 95.0 Å². The van der Waals surface area contributed by atoms with E-state index in [2.05, 4.69) is 4.90 Å². The van der Waals surface area contributed by atoms with Gasteiger partial charge < -0.3 is 14.9 Å². The van der Waals surface area contributed by atoms with Crippen molar-refractivity contribution in [3.63, 3.8) is 0 Å². The van der Waals surface area contributed by atoms with Crippen molar-refractivity contribution >= 4 is 11.9 Å². The minimum atomic E-state index is -0.821. The Balaban J connectivity index is 1.90. The molecule has 2 unspecified atom stereocenters. The largest absolute Gasteiger partial charge is 0.481 e. The Hall–Kier alpha value is -1.10. The number of hydrogen-bond acceptors (Lipinski definition) is 3. The molecule has 0 aromatic heterocycles. The van der Waals surface area contributed by atoms with Gasteiger partial charge in [-0.25, -0.2) is 0 Å². The number of carbonyl (C=O) groups excluding carboxylic acids is 1. The van der Waals surface area contributed by atoms with Crippen molar-refractivity contribution in [1.82, 2.24) is 9.80 Å². The molecule has 90 valence electrons. The molecule has 1 saturated carbocycles. The highest BCUT2D eigenvalue weighted by Gasteiger charge is 2.43. The zero-order valence-electron chi connectivity index (χ0n) is 9.56. The van der Waals surface area contributed by atoms with E-state index in [0.29, 0.717) is 6.42 Å². The van der Waals surface area contributed by atoms with Crippen LogP contribution in [-0.2, 0) is 9.59 Å². The maximum atomic E-state index is 12.0. The summed E-state index contributed by atoms with van der Waals surface area (Å²) in [5.74, 6) is -1.47. The van der Waals surface area contributed by atoms with Crippen LogP contribution in [0.4, 0.5) is 0 Å². The Kier molecular flexibility index (Phi) is 3.14. The first-order valence-electron chi connectivity index (χ1n) is 5.79. The number of carboxylic acid groups (broad SMARTS) is 1. The van der Waals surface area contributed by atoms with Gasteiger partial charge in [-0.3, -0.25) is 9.59 Å². The van der Waals surface area contributed by atoms with E-state index in [1.165, 1.54) is 0 Å². The Morgan fingerprint density at radius 1 is 1.06 bits per heavy atom. The van der Waals surface area contributed by atoms with Gasteiger partial charge in [-0.15, -0.1) is 0 Å². The van der Waals surface area contributed by atoms with Crippen LogP contribution in [0.5, 0.6) is 0 Å². The molecule has 2 atom stereocenters. The fourth-order valence-electron chi connectivity index (χ4n) is 2.35. The molecule has 1 N–H and O–H groups in total. The van der Waals surface area contributed by atoms with Crippen LogP contribution in [0.2, 0.25) is 0 Å². The van der Waals surface area contributed by atoms with Crippen LogP contribution in [0.25, 0.3) is 0 Å². The van der Waals surface area contributed by atoms with Gasteiger partial charge in [0.25, 0.3) is 0 Å². The Morgan fingerprint density at radius 2 is 1.62 bits per heavy atom. The lowest BCUT2D eigenvalue weighted by Crippen LogP contribution is -2.52. The predicted molar refractivity (Wildman–Crippen MR) is 57.9 cm³/mol. The van der Waals surface area contributed by atoms with E-state index >= 15 is 0 Å². The van der Waals surface area contributed by atoms with E-state index in [-0.39, 0.29) is 11.8 Å². The van der Waals surface area contributed by atoms with Crippen LogP contribution in [0.1, 0.15) is 12.8 Å². The third kappa shape index (κ3) is 2.04. The summed E-state index contributed by atoms with van der Waals surface area (Å²) in [6, 6.07) is 0. The average molecular weight is 226 g/mol. The molecule has 0 spiro atoms. The lowest BCUT2D eigenvalue weighted by atomic mass is 9.73. The summed E-state index contributed by atoms with van der Waals surface area (Å²) >= 11 is 0. The smallest absolute Gasteiger partial charge is 0.307 e. The van der Waals surface area contributed by atoms with E-state index in [0.717, 1.165) is 32.6 Å². The number of hydrogen-bond donors (Lipinski definition) is 1. The van der Waals surface area contributed by atoms with Gasteiger partial charge in [-0.1, -0.05) is 0 Å². The molecular weight excluding hydrogens is 208 g/mol. The highest BCUT2D eigenvalue weighted by Crippen LogP contribution is 2.35. The standard InChI is InChI=1S/C11H18N2O3/c1-12-4-6-13(7-5-12)10(14)8-2-3-9(8)11(15)16/h8-9H,2-7H2,1H3,(H,15,16). The van der Waals surface area contributed by atoms with Crippen molar-refractivity contribution in [2.24, 2.45) is 11.8 Å². The molecule has 1 amide bonds. The van der Waals surface area contributed by atoms with Crippen molar-refractivity contribution < 1.29 is 14.7 Å². The summed E-state index contributed by atoms with van der Waals surface area (Å²) in [6.45, 7) is 3.24.